The molecule has 6 nitrogen and oxygen atoms in total. The second kappa shape index (κ2) is 5.63. The molecule has 1 aromatic carbocycles. The van der Waals surface area contributed by atoms with Crippen molar-refractivity contribution in [2.24, 2.45) is 5.41 Å². The van der Waals surface area contributed by atoms with E-state index in [1.54, 1.807) is 45.9 Å². The van der Waals surface area contributed by atoms with Crippen LogP contribution in [0.15, 0.2) is 18.2 Å². The van der Waals surface area contributed by atoms with Crippen LogP contribution >= 0.6 is 0 Å². The molecule has 116 valence electrons. The highest BCUT2D eigenvalue weighted by Gasteiger charge is 2.44. The smallest absolute Gasteiger partial charge is 0.311 e. The number of nitrogens with two attached hydrogens (primary N) is 1. The third-order valence-electron chi connectivity index (χ3n) is 3.99. The van der Waals surface area contributed by atoms with Gasteiger partial charge in [-0.3, -0.25) is 9.59 Å². The van der Waals surface area contributed by atoms with Gasteiger partial charge < -0.3 is 20.9 Å². The third-order valence-corrected chi connectivity index (χ3v) is 3.99. The zero-order chi connectivity index (χ0) is 16.4. The van der Waals surface area contributed by atoms with E-state index in [2.05, 4.69) is 5.32 Å². The second-order valence-electron chi connectivity index (χ2n) is 5.97. The molecule has 4 N–H and O–H groups in total. The first-order valence-corrected chi connectivity index (χ1v) is 6.52. The minimum absolute atomic E-state index is 0.306. The molecule has 0 aliphatic heterocycles. The van der Waals surface area contributed by atoms with Crippen molar-refractivity contribution in [3.8, 4) is 5.75 Å². The number of nitrogen functional groups attached to an aromatic ring is 1. The average molecular weight is 294 g/mol. The number of carboxylic acids is 1. The maximum Gasteiger partial charge on any atom is 0.311 e. The van der Waals surface area contributed by atoms with Crippen molar-refractivity contribution >= 4 is 17.6 Å². The lowest BCUT2D eigenvalue weighted by molar-refractivity contribution is -0.150. The lowest BCUT2D eigenvalue weighted by atomic mass is 9.74. The van der Waals surface area contributed by atoms with Crippen LogP contribution in [-0.4, -0.2) is 29.6 Å². The van der Waals surface area contributed by atoms with E-state index < -0.39 is 22.8 Å². The van der Waals surface area contributed by atoms with Crippen LogP contribution in [0.2, 0.25) is 0 Å². The van der Waals surface area contributed by atoms with Gasteiger partial charge in [-0.1, -0.05) is 0 Å². The number of methoxy groups -OCH3 is 1. The predicted octanol–water partition coefficient (Wildman–Crippen LogP) is 1.90. The SMILES string of the molecule is COc1cc(N)ccc1C(=O)NC(C)(C)C(C)(C)C(=O)O. The van der Waals surface area contributed by atoms with Crippen LogP contribution < -0.4 is 15.8 Å². The fourth-order valence-electron chi connectivity index (χ4n) is 1.67. The molecule has 0 radical (unpaired) electrons. The molecule has 0 saturated carbocycles. The molecule has 0 bridgehead atoms. The molecule has 0 atom stereocenters. The Bertz CT molecular complexity index is 565. The van der Waals surface area contributed by atoms with Gasteiger partial charge in [-0.25, -0.2) is 0 Å². The molecular weight excluding hydrogens is 272 g/mol. The predicted molar refractivity (Wildman–Crippen MR) is 80.4 cm³/mol. The van der Waals surface area contributed by atoms with E-state index in [0.717, 1.165) is 0 Å². The zero-order valence-electron chi connectivity index (χ0n) is 13.0. The molecule has 6 heteroatoms. The summed E-state index contributed by atoms with van der Waals surface area (Å²) in [5.41, 5.74) is 4.35. The molecule has 0 aromatic heterocycles. The Morgan fingerprint density at radius 3 is 2.29 bits per heavy atom. The van der Waals surface area contributed by atoms with E-state index in [1.807, 2.05) is 0 Å². The van der Waals surface area contributed by atoms with Crippen LogP contribution in [0.25, 0.3) is 0 Å². The largest absolute Gasteiger partial charge is 0.496 e. The van der Waals surface area contributed by atoms with E-state index >= 15 is 0 Å². The first-order chi connectivity index (χ1) is 9.52. The van der Waals surface area contributed by atoms with E-state index in [0.29, 0.717) is 17.0 Å². The topological polar surface area (TPSA) is 102 Å². The lowest BCUT2D eigenvalue weighted by Crippen LogP contribution is -2.57. The number of carbonyl (C=O) groups is 2. The quantitative estimate of drug-likeness (QED) is 0.720. The summed E-state index contributed by atoms with van der Waals surface area (Å²) >= 11 is 0. The molecule has 1 rings (SSSR count). The average Bonchev–Trinajstić information content (AvgIpc) is 2.37. The number of hydrogen-bond acceptors (Lipinski definition) is 4. The van der Waals surface area contributed by atoms with E-state index in [9.17, 15) is 14.7 Å². The first kappa shape index (κ1) is 16.8. The standard InChI is InChI=1S/C15H22N2O4/c1-14(2,13(19)20)15(3,4)17-12(18)10-7-6-9(16)8-11(10)21-5/h6-8H,16H2,1-5H3,(H,17,18)(H,19,20). The Labute approximate surface area is 124 Å². The number of hydrogen-bond donors (Lipinski definition) is 3. The van der Waals surface area contributed by atoms with Crippen molar-refractivity contribution in [1.82, 2.24) is 5.32 Å². The Kier molecular flexibility index (Phi) is 4.51. The summed E-state index contributed by atoms with van der Waals surface area (Å²) in [7, 11) is 1.44. The molecule has 0 aliphatic rings. The number of aliphatic carboxylic acids is 1. The Balaban J connectivity index is 3.09. The highest BCUT2D eigenvalue weighted by Crippen LogP contribution is 2.31. The summed E-state index contributed by atoms with van der Waals surface area (Å²) in [5, 5.41) is 12.1. The van der Waals surface area contributed by atoms with Gasteiger partial charge in [-0.15, -0.1) is 0 Å². The number of carboxylic acid groups (broad SMARTS) is 1. The lowest BCUT2D eigenvalue weighted by Gasteiger charge is -2.38. The first-order valence-electron chi connectivity index (χ1n) is 6.52. The number of anilines is 1. The summed E-state index contributed by atoms with van der Waals surface area (Å²) in [6.07, 6.45) is 0. The number of ether oxygens (including phenoxy) is 1. The van der Waals surface area contributed by atoms with Crippen molar-refractivity contribution in [2.45, 2.75) is 33.2 Å². The van der Waals surface area contributed by atoms with Crippen LogP contribution in [0.4, 0.5) is 5.69 Å². The van der Waals surface area contributed by atoms with Gasteiger partial charge in [0.15, 0.2) is 0 Å². The molecule has 0 aliphatic carbocycles. The molecular formula is C15H22N2O4. The van der Waals surface area contributed by atoms with Gasteiger partial charge in [-0.2, -0.15) is 0 Å². The van der Waals surface area contributed by atoms with Gasteiger partial charge in [0, 0.05) is 11.8 Å². The maximum absolute atomic E-state index is 12.4. The number of amides is 1. The zero-order valence-corrected chi connectivity index (χ0v) is 13.0. The summed E-state index contributed by atoms with van der Waals surface area (Å²) in [6.45, 7) is 6.47. The van der Waals surface area contributed by atoms with E-state index in [1.165, 1.54) is 7.11 Å². The number of benzene rings is 1. The van der Waals surface area contributed by atoms with Crippen molar-refractivity contribution < 1.29 is 19.4 Å². The normalized spacial score (nSPS) is 11.9. The molecule has 0 heterocycles. The second-order valence-corrected chi connectivity index (χ2v) is 5.97. The summed E-state index contributed by atoms with van der Waals surface area (Å²) in [4.78, 5) is 23.8. The monoisotopic (exact) mass is 294 g/mol. The minimum Gasteiger partial charge on any atom is -0.496 e. The molecule has 1 aromatic rings. The maximum atomic E-state index is 12.4. The van der Waals surface area contributed by atoms with Gasteiger partial charge in [-0.05, 0) is 39.8 Å². The fourth-order valence-corrected chi connectivity index (χ4v) is 1.67. The number of rotatable bonds is 5. The van der Waals surface area contributed by atoms with Crippen LogP contribution in [0.1, 0.15) is 38.1 Å². The Morgan fingerprint density at radius 2 is 1.81 bits per heavy atom. The van der Waals surface area contributed by atoms with E-state index in [4.69, 9.17) is 10.5 Å². The third kappa shape index (κ3) is 3.26. The van der Waals surface area contributed by atoms with Gasteiger partial charge in [0.1, 0.15) is 5.75 Å². The van der Waals surface area contributed by atoms with Gasteiger partial charge >= 0.3 is 5.97 Å². The Morgan fingerprint density at radius 1 is 1.24 bits per heavy atom. The van der Waals surface area contributed by atoms with Gasteiger partial charge in [0.2, 0.25) is 0 Å². The fraction of sp³-hybridized carbons (Fsp3) is 0.467. The molecule has 0 fully saturated rings. The van der Waals surface area contributed by atoms with Crippen molar-refractivity contribution in [3.63, 3.8) is 0 Å². The highest BCUT2D eigenvalue weighted by molar-refractivity contribution is 5.98. The van der Waals surface area contributed by atoms with Crippen LogP contribution in [0.3, 0.4) is 0 Å². The van der Waals surface area contributed by atoms with Crippen molar-refractivity contribution in [1.29, 1.82) is 0 Å². The molecule has 21 heavy (non-hydrogen) atoms. The Hall–Kier alpha value is -2.24. The van der Waals surface area contributed by atoms with Crippen molar-refractivity contribution in [3.05, 3.63) is 23.8 Å². The van der Waals surface area contributed by atoms with Gasteiger partial charge in [0.25, 0.3) is 5.91 Å². The van der Waals surface area contributed by atoms with Crippen LogP contribution in [0.5, 0.6) is 5.75 Å². The summed E-state index contributed by atoms with van der Waals surface area (Å²) in [5.74, 6) is -1.06. The molecule has 0 unspecified atom stereocenters. The van der Waals surface area contributed by atoms with E-state index in [-0.39, 0.29) is 0 Å². The number of carbonyl (C=O) groups excluding carboxylic acids is 1. The van der Waals surface area contributed by atoms with Crippen LogP contribution in [0, 0.1) is 5.41 Å². The summed E-state index contributed by atoms with van der Waals surface area (Å²) < 4.78 is 5.14. The molecule has 0 spiro atoms. The van der Waals surface area contributed by atoms with Gasteiger partial charge in [0.05, 0.1) is 23.6 Å². The highest BCUT2D eigenvalue weighted by atomic mass is 16.5. The van der Waals surface area contributed by atoms with Crippen molar-refractivity contribution in [2.75, 3.05) is 12.8 Å². The molecule has 1 amide bonds. The minimum atomic E-state index is -1.14. The number of nitrogens with one attached hydrogen (secondary N) is 1. The summed E-state index contributed by atoms with van der Waals surface area (Å²) in [6, 6.07) is 4.68. The van der Waals surface area contributed by atoms with Crippen LogP contribution in [-0.2, 0) is 4.79 Å². The molecule has 0 saturated heterocycles.